The van der Waals surface area contributed by atoms with Crippen LogP contribution in [0, 0.1) is 0 Å². The van der Waals surface area contributed by atoms with Gasteiger partial charge in [-0.05, 0) is 52.8 Å². The first-order valence-corrected chi connectivity index (χ1v) is 7.29. The molecular formula is C17H24O4. The zero-order valence-corrected chi connectivity index (χ0v) is 13.5. The van der Waals surface area contributed by atoms with E-state index in [-0.39, 0.29) is 5.78 Å². The molecule has 1 aromatic rings. The summed E-state index contributed by atoms with van der Waals surface area (Å²) in [6, 6.07) is 3.41. The van der Waals surface area contributed by atoms with Crippen LogP contribution >= 0.6 is 0 Å². The van der Waals surface area contributed by atoms with Crippen LogP contribution in [0.2, 0.25) is 0 Å². The average molecular weight is 292 g/mol. The molecule has 0 saturated carbocycles. The second kappa shape index (κ2) is 8.35. The maximum atomic E-state index is 12.2. The van der Waals surface area contributed by atoms with Crippen molar-refractivity contribution in [1.29, 1.82) is 0 Å². The lowest BCUT2D eigenvalue weighted by Crippen LogP contribution is -2.05. The third-order valence-electron chi connectivity index (χ3n) is 2.61. The molecular weight excluding hydrogens is 268 g/mol. The van der Waals surface area contributed by atoms with Crippen LogP contribution in [0.5, 0.6) is 17.2 Å². The largest absolute Gasteiger partial charge is 0.490 e. The first kappa shape index (κ1) is 17.1. The van der Waals surface area contributed by atoms with E-state index >= 15 is 0 Å². The maximum Gasteiger partial charge on any atom is 0.203 e. The van der Waals surface area contributed by atoms with Gasteiger partial charge in [-0.15, -0.1) is 0 Å². The Labute approximate surface area is 126 Å². The fraction of sp³-hybridized carbons (Fsp3) is 0.471. The topological polar surface area (TPSA) is 44.8 Å². The van der Waals surface area contributed by atoms with Gasteiger partial charge in [-0.25, -0.2) is 0 Å². The Morgan fingerprint density at radius 2 is 1.43 bits per heavy atom. The fourth-order valence-electron chi connectivity index (χ4n) is 1.88. The summed E-state index contributed by atoms with van der Waals surface area (Å²) in [6.07, 6.45) is 1.60. The SMILES string of the molecule is CCOc1cc(C(=O)C=C(C)C)cc(OCC)c1OCC. The zero-order valence-electron chi connectivity index (χ0n) is 13.5. The van der Waals surface area contributed by atoms with Crippen molar-refractivity contribution in [3.05, 3.63) is 29.3 Å². The molecule has 0 N–H and O–H groups in total. The molecule has 0 amide bonds. The molecule has 0 aliphatic rings. The molecule has 0 aromatic heterocycles. The van der Waals surface area contributed by atoms with E-state index in [4.69, 9.17) is 14.2 Å². The number of rotatable bonds is 8. The molecule has 0 unspecified atom stereocenters. The fourth-order valence-corrected chi connectivity index (χ4v) is 1.88. The Morgan fingerprint density at radius 1 is 0.952 bits per heavy atom. The van der Waals surface area contributed by atoms with Gasteiger partial charge in [0.05, 0.1) is 19.8 Å². The highest BCUT2D eigenvalue weighted by molar-refractivity contribution is 6.05. The molecule has 0 radical (unpaired) electrons. The first-order valence-electron chi connectivity index (χ1n) is 7.29. The van der Waals surface area contributed by atoms with Crippen LogP contribution in [0.3, 0.4) is 0 Å². The van der Waals surface area contributed by atoms with Crippen molar-refractivity contribution in [2.75, 3.05) is 19.8 Å². The van der Waals surface area contributed by atoms with Gasteiger partial charge in [0, 0.05) is 5.56 Å². The molecule has 0 heterocycles. The number of allylic oxidation sites excluding steroid dienone is 2. The molecule has 1 rings (SSSR count). The molecule has 0 bridgehead atoms. The normalized spacial score (nSPS) is 9.95. The van der Waals surface area contributed by atoms with Gasteiger partial charge in [0.15, 0.2) is 17.3 Å². The summed E-state index contributed by atoms with van der Waals surface area (Å²) in [5, 5.41) is 0. The number of ketones is 1. The summed E-state index contributed by atoms with van der Waals surface area (Å²) in [7, 11) is 0. The molecule has 0 fully saturated rings. The van der Waals surface area contributed by atoms with Gasteiger partial charge in [-0.2, -0.15) is 0 Å². The highest BCUT2D eigenvalue weighted by atomic mass is 16.5. The Morgan fingerprint density at radius 3 is 1.81 bits per heavy atom. The third-order valence-corrected chi connectivity index (χ3v) is 2.61. The van der Waals surface area contributed by atoms with E-state index < -0.39 is 0 Å². The average Bonchev–Trinajstić information content (AvgIpc) is 2.41. The van der Waals surface area contributed by atoms with Crippen LogP contribution in [0.4, 0.5) is 0 Å². The van der Waals surface area contributed by atoms with Gasteiger partial charge in [-0.3, -0.25) is 4.79 Å². The van der Waals surface area contributed by atoms with Crippen LogP contribution in [0.1, 0.15) is 45.0 Å². The standard InChI is InChI=1S/C17H24O4/c1-6-19-15-10-13(14(18)9-12(4)5)11-16(20-7-2)17(15)21-8-3/h9-11H,6-8H2,1-5H3. The second-order valence-corrected chi connectivity index (χ2v) is 4.69. The lowest BCUT2D eigenvalue weighted by atomic mass is 10.1. The van der Waals surface area contributed by atoms with E-state index in [0.717, 1.165) is 5.57 Å². The van der Waals surface area contributed by atoms with Gasteiger partial charge < -0.3 is 14.2 Å². The third kappa shape index (κ3) is 4.81. The predicted octanol–water partition coefficient (Wildman–Crippen LogP) is 4.03. The van der Waals surface area contributed by atoms with Crippen LogP contribution in [-0.2, 0) is 0 Å². The highest BCUT2D eigenvalue weighted by Gasteiger charge is 2.17. The van der Waals surface area contributed by atoms with Crippen molar-refractivity contribution in [2.24, 2.45) is 0 Å². The van der Waals surface area contributed by atoms with E-state index in [0.29, 0.717) is 42.6 Å². The molecule has 1 aromatic carbocycles. The maximum absolute atomic E-state index is 12.2. The zero-order chi connectivity index (χ0) is 15.8. The summed E-state index contributed by atoms with van der Waals surface area (Å²) in [5.74, 6) is 1.56. The van der Waals surface area contributed by atoms with Crippen molar-refractivity contribution >= 4 is 5.78 Å². The highest BCUT2D eigenvalue weighted by Crippen LogP contribution is 2.39. The Bertz CT molecular complexity index is 487. The lowest BCUT2D eigenvalue weighted by Gasteiger charge is -2.16. The first-order chi connectivity index (χ1) is 10.0. The molecule has 0 atom stereocenters. The minimum Gasteiger partial charge on any atom is -0.490 e. The number of carbonyl (C=O) groups is 1. The van der Waals surface area contributed by atoms with Crippen LogP contribution in [0.25, 0.3) is 0 Å². The lowest BCUT2D eigenvalue weighted by molar-refractivity contribution is 0.104. The van der Waals surface area contributed by atoms with Gasteiger partial charge >= 0.3 is 0 Å². The number of hydrogen-bond acceptors (Lipinski definition) is 4. The van der Waals surface area contributed by atoms with Crippen molar-refractivity contribution < 1.29 is 19.0 Å². The quantitative estimate of drug-likeness (QED) is 0.536. The van der Waals surface area contributed by atoms with Gasteiger partial charge in [-0.1, -0.05) is 5.57 Å². The summed E-state index contributed by atoms with van der Waals surface area (Å²) >= 11 is 0. The van der Waals surface area contributed by atoms with E-state index in [9.17, 15) is 4.79 Å². The van der Waals surface area contributed by atoms with Crippen molar-refractivity contribution in [2.45, 2.75) is 34.6 Å². The smallest absolute Gasteiger partial charge is 0.203 e. The summed E-state index contributed by atoms with van der Waals surface area (Å²) < 4.78 is 16.8. The van der Waals surface area contributed by atoms with Gasteiger partial charge in [0.1, 0.15) is 0 Å². The van der Waals surface area contributed by atoms with Crippen LogP contribution in [-0.4, -0.2) is 25.6 Å². The monoisotopic (exact) mass is 292 g/mol. The Hall–Kier alpha value is -1.97. The second-order valence-electron chi connectivity index (χ2n) is 4.69. The number of benzene rings is 1. The van der Waals surface area contributed by atoms with E-state index in [1.165, 1.54) is 0 Å². The molecule has 4 nitrogen and oxygen atoms in total. The van der Waals surface area contributed by atoms with Gasteiger partial charge in [0.2, 0.25) is 5.75 Å². The van der Waals surface area contributed by atoms with Crippen molar-refractivity contribution in [3.63, 3.8) is 0 Å². The number of carbonyl (C=O) groups excluding carboxylic acids is 1. The number of ether oxygens (including phenoxy) is 3. The van der Waals surface area contributed by atoms with E-state index in [1.807, 2.05) is 34.6 Å². The molecule has 4 heteroatoms. The molecule has 0 aliphatic carbocycles. The molecule has 0 saturated heterocycles. The summed E-state index contributed by atoms with van der Waals surface area (Å²) in [6.45, 7) is 10.9. The summed E-state index contributed by atoms with van der Waals surface area (Å²) in [4.78, 5) is 12.2. The predicted molar refractivity (Wildman–Crippen MR) is 83.7 cm³/mol. The molecule has 0 aliphatic heterocycles. The van der Waals surface area contributed by atoms with Crippen LogP contribution in [0.15, 0.2) is 23.8 Å². The molecule has 21 heavy (non-hydrogen) atoms. The molecule has 116 valence electrons. The van der Waals surface area contributed by atoms with E-state index in [2.05, 4.69) is 0 Å². The van der Waals surface area contributed by atoms with Gasteiger partial charge in [0.25, 0.3) is 0 Å². The Balaban J connectivity index is 3.34. The minimum atomic E-state index is -0.0695. The summed E-state index contributed by atoms with van der Waals surface area (Å²) in [5.41, 5.74) is 1.48. The van der Waals surface area contributed by atoms with E-state index in [1.54, 1.807) is 18.2 Å². The van der Waals surface area contributed by atoms with Crippen molar-refractivity contribution in [1.82, 2.24) is 0 Å². The number of hydrogen-bond donors (Lipinski definition) is 0. The minimum absolute atomic E-state index is 0.0695. The van der Waals surface area contributed by atoms with Crippen molar-refractivity contribution in [3.8, 4) is 17.2 Å². The Kier molecular flexibility index (Phi) is 6.79. The van der Waals surface area contributed by atoms with Crippen LogP contribution < -0.4 is 14.2 Å². The molecule has 0 spiro atoms.